The van der Waals surface area contributed by atoms with Crippen molar-refractivity contribution in [1.82, 2.24) is 0 Å². The minimum absolute atomic E-state index is 0.843. The molecular weight excluding hydrogens is 776 g/mol. The molecule has 5 rings (SSSR count). The predicted molar refractivity (Wildman–Crippen MR) is 167 cm³/mol. The van der Waals surface area contributed by atoms with E-state index in [1.165, 1.54) is 0 Å². The van der Waals surface area contributed by atoms with Gasteiger partial charge in [-0.1, -0.05) is 0 Å². The van der Waals surface area contributed by atoms with E-state index in [0.717, 1.165) is 0 Å². The maximum Gasteiger partial charge on any atom is 0.224 e. The zero-order valence-electron chi connectivity index (χ0n) is 29.4. The molecule has 56 heavy (non-hydrogen) atoms. The van der Waals surface area contributed by atoms with Crippen LogP contribution in [-0.2, 0) is 42.6 Å². The summed E-state index contributed by atoms with van der Waals surface area (Å²) in [6, 6.07) is 0. The molecule has 328 valence electrons. The summed E-state index contributed by atoms with van der Waals surface area (Å²) in [5.41, 5.74) is 0. The van der Waals surface area contributed by atoms with E-state index in [9.17, 15) is 86.8 Å². The fourth-order valence-corrected chi connectivity index (χ4v) is 7.14. The Morgan fingerprint density at radius 2 is 0.804 bits per heavy atom. The van der Waals surface area contributed by atoms with Gasteiger partial charge in [0.1, 0.15) is 124 Å². The lowest BCUT2D eigenvalue weighted by Crippen LogP contribution is -2.66. The average Bonchev–Trinajstić information content (AvgIpc) is 3.70. The van der Waals surface area contributed by atoms with Crippen molar-refractivity contribution in [2.75, 3.05) is 52.9 Å². The van der Waals surface area contributed by atoms with Gasteiger partial charge in [-0.25, -0.2) is 0 Å². The van der Waals surface area contributed by atoms with E-state index in [-0.39, 0.29) is 0 Å². The van der Waals surface area contributed by atoms with E-state index in [1.54, 1.807) is 0 Å². The summed E-state index contributed by atoms with van der Waals surface area (Å²) in [6.07, 6.45) is -36.0. The topological polar surface area (TPSA) is 427 Å². The molecule has 17 N–H and O–H groups in total. The quantitative estimate of drug-likeness (QED) is 0.0687. The molecule has 0 saturated carbocycles. The standard InChI is InChI=1S/C30H52O26/c31-1-9-14(37)18(41)20(43)26(50-9)52-22-13(5-35)51-27(21(44)19(22)42)56-30(25(47)17(40)12(4-34)55-30)8-49-29(24(46)16(39)11(3-33)54-29)7-48-28(6-36)23(45)15(38)10(2-32)53-28/h9-27,31-47H,1-8H2/t9-,10-,11-,12-,13-,14+,15-,16-,17-,18+,19-,20-,21-,22-,23+,24+,25+,26+,27-,28-,29-,30+/m1/s1. The molecule has 0 radical (unpaired) electrons. The second-order valence-electron chi connectivity index (χ2n) is 14.1. The summed E-state index contributed by atoms with van der Waals surface area (Å²) in [7, 11) is 0. The van der Waals surface area contributed by atoms with Crippen molar-refractivity contribution in [2.45, 2.75) is 134 Å². The molecule has 5 heterocycles. The molecule has 0 amide bonds. The summed E-state index contributed by atoms with van der Waals surface area (Å²) in [5.74, 6) is -8.02. The first kappa shape index (κ1) is 46.0. The Hall–Kier alpha value is -1.04. The zero-order chi connectivity index (χ0) is 41.5. The van der Waals surface area contributed by atoms with E-state index < -0.39 is 187 Å². The molecule has 5 fully saturated rings. The van der Waals surface area contributed by atoms with Gasteiger partial charge in [-0.15, -0.1) is 0 Å². The highest BCUT2D eigenvalue weighted by atomic mass is 16.8. The van der Waals surface area contributed by atoms with Crippen LogP contribution in [0, 0.1) is 0 Å². The lowest BCUT2D eigenvalue weighted by atomic mass is 9.96. The van der Waals surface area contributed by atoms with Crippen molar-refractivity contribution in [2.24, 2.45) is 0 Å². The summed E-state index contributed by atoms with van der Waals surface area (Å²) in [6.45, 7) is -8.20. The van der Waals surface area contributed by atoms with Gasteiger partial charge >= 0.3 is 0 Å². The molecule has 26 nitrogen and oxygen atoms in total. The number of hydrogen-bond acceptors (Lipinski definition) is 26. The van der Waals surface area contributed by atoms with Crippen LogP contribution in [0.5, 0.6) is 0 Å². The van der Waals surface area contributed by atoms with Gasteiger partial charge in [0.25, 0.3) is 0 Å². The fourth-order valence-electron chi connectivity index (χ4n) is 7.14. The Balaban J connectivity index is 1.40. The average molecular weight is 829 g/mol. The highest BCUT2D eigenvalue weighted by molar-refractivity contribution is 5.03. The Bertz CT molecular complexity index is 1250. The minimum Gasteiger partial charge on any atom is -0.394 e. The van der Waals surface area contributed by atoms with Crippen molar-refractivity contribution in [3.8, 4) is 0 Å². The molecule has 5 aliphatic heterocycles. The van der Waals surface area contributed by atoms with Gasteiger partial charge in [-0.3, -0.25) is 0 Å². The first-order valence-corrected chi connectivity index (χ1v) is 17.5. The van der Waals surface area contributed by atoms with Gasteiger partial charge in [-0.05, 0) is 0 Å². The molecule has 26 heteroatoms. The number of rotatable bonds is 16. The molecule has 0 unspecified atom stereocenters. The first-order valence-electron chi connectivity index (χ1n) is 17.5. The molecule has 0 aromatic heterocycles. The van der Waals surface area contributed by atoms with Crippen molar-refractivity contribution < 1.29 is 129 Å². The van der Waals surface area contributed by atoms with Crippen LogP contribution >= 0.6 is 0 Å². The van der Waals surface area contributed by atoms with Crippen LogP contribution < -0.4 is 0 Å². The molecular formula is C30H52O26. The highest BCUT2D eigenvalue weighted by Gasteiger charge is 2.64. The molecule has 0 bridgehead atoms. The second kappa shape index (κ2) is 18.3. The van der Waals surface area contributed by atoms with Gasteiger partial charge in [0.2, 0.25) is 17.4 Å². The zero-order valence-corrected chi connectivity index (χ0v) is 29.4. The van der Waals surface area contributed by atoms with Gasteiger partial charge in [0.05, 0.1) is 33.0 Å². The van der Waals surface area contributed by atoms with E-state index in [4.69, 9.17) is 42.6 Å². The van der Waals surface area contributed by atoms with Crippen molar-refractivity contribution in [3.63, 3.8) is 0 Å². The number of aliphatic hydroxyl groups is 17. The largest absolute Gasteiger partial charge is 0.394 e. The smallest absolute Gasteiger partial charge is 0.224 e. The summed E-state index contributed by atoms with van der Waals surface area (Å²) in [4.78, 5) is 0. The Kier molecular flexibility index (Phi) is 15.0. The third kappa shape index (κ3) is 8.21. The molecule has 5 aliphatic rings. The highest BCUT2D eigenvalue weighted by Crippen LogP contribution is 2.42. The van der Waals surface area contributed by atoms with Crippen LogP contribution in [0.4, 0.5) is 0 Å². The number of aliphatic hydroxyl groups excluding tert-OH is 17. The normalized spacial score (nSPS) is 52.6. The minimum atomic E-state index is -2.81. The van der Waals surface area contributed by atoms with Crippen molar-refractivity contribution in [1.29, 1.82) is 0 Å². The van der Waals surface area contributed by atoms with Crippen LogP contribution in [0.2, 0.25) is 0 Å². The van der Waals surface area contributed by atoms with Gasteiger partial charge < -0.3 is 129 Å². The molecule has 0 aromatic rings. The van der Waals surface area contributed by atoms with E-state index >= 15 is 0 Å². The summed E-state index contributed by atoms with van der Waals surface area (Å²) >= 11 is 0. The Morgan fingerprint density at radius 1 is 0.393 bits per heavy atom. The van der Waals surface area contributed by atoms with Crippen LogP contribution in [0.3, 0.4) is 0 Å². The van der Waals surface area contributed by atoms with Gasteiger partial charge in [-0.2, -0.15) is 0 Å². The van der Waals surface area contributed by atoms with E-state index in [2.05, 4.69) is 0 Å². The van der Waals surface area contributed by atoms with Crippen molar-refractivity contribution in [3.05, 3.63) is 0 Å². The second-order valence-corrected chi connectivity index (χ2v) is 14.1. The van der Waals surface area contributed by atoms with Crippen molar-refractivity contribution >= 4 is 0 Å². The molecule has 0 spiro atoms. The fraction of sp³-hybridized carbons (Fsp3) is 1.00. The molecule has 0 aliphatic carbocycles. The van der Waals surface area contributed by atoms with E-state index in [1.807, 2.05) is 0 Å². The van der Waals surface area contributed by atoms with Crippen LogP contribution in [0.1, 0.15) is 0 Å². The summed E-state index contributed by atoms with van der Waals surface area (Å²) in [5, 5.41) is 177. The maximum absolute atomic E-state index is 11.2. The Morgan fingerprint density at radius 3 is 1.30 bits per heavy atom. The predicted octanol–water partition coefficient (Wildman–Crippen LogP) is -11.9. The van der Waals surface area contributed by atoms with Crippen LogP contribution in [0.25, 0.3) is 0 Å². The van der Waals surface area contributed by atoms with Crippen LogP contribution in [0.15, 0.2) is 0 Å². The molecule has 22 atom stereocenters. The SMILES string of the molecule is OC[C@H]1O[C@@H](O[C@H]2[C@H](O)[C@@H](O)[C@@H](O[C@]3(CO[C@]4(CO[C@]5(CO)O[C@H](CO)[C@@H](O)[C@@H]5O)O[C@H](CO)[C@@H](O)[C@@H]4O)O[C@H](CO)[C@@H](O)[C@@H]3O)O[C@@H]2CO)[C@H](O)[C@@H](O)[C@H]1O. The maximum atomic E-state index is 11.2. The van der Waals surface area contributed by atoms with Gasteiger partial charge in [0.15, 0.2) is 12.6 Å². The third-order valence-electron chi connectivity index (χ3n) is 10.6. The molecule has 0 aromatic carbocycles. The van der Waals surface area contributed by atoms with Gasteiger partial charge in [0, 0.05) is 0 Å². The summed E-state index contributed by atoms with van der Waals surface area (Å²) < 4.78 is 50.2. The lowest BCUT2D eigenvalue weighted by Gasteiger charge is -2.47. The lowest BCUT2D eigenvalue weighted by molar-refractivity contribution is -0.412. The Labute approximate surface area is 316 Å². The monoisotopic (exact) mass is 828 g/mol. The van der Waals surface area contributed by atoms with Crippen LogP contribution in [-0.4, -0.2) is 273 Å². The third-order valence-corrected chi connectivity index (χ3v) is 10.6. The number of ether oxygens (including phenoxy) is 9. The first-order chi connectivity index (χ1) is 26.4. The number of hydrogen-bond donors (Lipinski definition) is 17. The molecule has 5 saturated heterocycles. The van der Waals surface area contributed by atoms with E-state index in [0.29, 0.717) is 0 Å².